The van der Waals surface area contributed by atoms with E-state index in [2.05, 4.69) is 9.97 Å². The Labute approximate surface area is 109 Å². The maximum absolute atomic E-state index is 10.5. The SMILES string of the molecule is O=[N+]([O-])c1ccc(-c2cc3ncnc(Cl)c3s2)o1. The molecule has 0 saturated heterocycles. The molecule has 0 radical (unpaired) electrons. The average molecular weight is 282 g/mol. The van der Waals surface area contributed by atoms with Crippen LogP contribution in [0.15, 0.2) is 28.9 Å². The minimum Gasteiger partial charge on any atom is -0.400 e. The molecule has 0 saturated carbocycles. The van der Waals surface area contributed by atoms with Crippen molar-refractivity contribution in [3.05, 3.63) is 39.8 Å². The van der Waals surface area contributed by atoms with Gasteiger partial charge in [0.25, 0.3) is 0 Å². The van der Waals surface area contributed by atoms with Crippen molar-refractivity contribution in [2.75, 3.05) is 0 Å². The summed E-state index contributed by atoms with van der Waals surface area (Å²) in [5, 5.41) is 10.9. The van der Waals surface area contributed by atoms with Crippen LogP contribution in [0.5, 0.6) is 0 Å². The summed E-state index contributed by atoms with van der Waals surface area (Å²) in [4.78, 5) is 18.6. The lowest BCUT2D eigenvalue weighted by Crippen LogP contribution is -1.82. The highest BCUT2D eigenvalue weighted by atomic mass is 35.5. The van der Waals surface area contributed by atoms with E-state index >= 15 is 0 Å². The van der Waals surface area contributed by atoms with Gasteiger partial charge in [-0.05, 0) is 12.1 Å². The zero-order chi connectivity index (χ0) is 12.7. The summed E-state index contributed by atoms with van der Waals surface area (Å²) in [6.45, 7) is 0. The van der Waals surface area contributed by atoms with Gasteiger partial charge < -0.3 is 4.42 Å². The van der Waals surface area contributed by atoms with Crippen LogP contribution in [0.4, 0.5) is 5.88 Å². The lowest BCUT2D eigenvalue weighted by molar-refractivity contribution is -0.401. The fraction of sp³-hybridized carbons (Fsp3) is 0. The number of hydrogen-bond acceptors (Lipinski definition) is 6. The summed E-state index contributed by atoms with van der Waals surface area (Å²) in [6, 6.07) is 4.62. The molecule has 0 aromatic carbocycles. The Balaban J connectivity index is 2.13. The molecule has 0 aliphatic carbocycles. The van der Waals surface area contributed by atoms with Crippen molar-refractivity contribution in [3.63, 3.8) is 0 Å². The lowest BCUT2D eigenvalue weighted by atomic mass is 10.3. The van der Waals surface area contributed by atoms with E-state index in [-0.39, 0.29) is 5.88 Å². The van der Waals surface area contributed by atoms with Gasteiger partial charge in [0, 0.05) is 0 Å². The molecule has 0 spiro atoms. The summed E-state index contributed by atoms with van der Waals surface area (Å²) in [6.07, 6.45) is 1.37. The molecule has 0 atom stereocenters. The van der Waals surface area contributed by atoms with Crippen LogP contribution in [0.1, 0.15) is 0 Å². The summed E-state index contributed by atoms with van der Waals surface area (Å²) in [7, 11) is 0. The van der Waals surface area contributed by atoms with Gasteiger partial charge in [-0.15, -0.1) is 11.3 Å². The Morgan fingerprint density at radius 3 is 2.89 bits per heavy atom. The van der Waals surface area contributed by atoms with Gasteiger partial charge in [0.15, 0.2) is 5.76 Å². The molecule has 3 aromatic heterocycles. The maximum atomic E-state index is 10.5. The first-order valence-electron chi connectivity index (χ1n) is 4.80. The fourth-order valence-electron chi connectivity index (χ4n) is 1.51. The van der Waals surface area contributed by atoms with Gasteiger partial charge in [-0.3, -0.25) is 10.1 Å². The van der Waals surface area contributed by atoms with Crippen LogP contribution in [0, 0.1) is 10.1 Å². The smallest absolute Gasteiger partial charge is 0.400 e. The summed E-state index contributed by atoms with van der Waals surface area (Å²) >= 11 is 7.26. The number of thiophene rings is 1. The summed E-state index contributed by atoms with van der Waals surface area (Å²) in [5.41, 5.74) is 0.689. The first kappa shape index (κ1) is 11.1. The van der Waals surface area contributed by atoms with Crippen LogP contribution in [0.2, 0.25) is 5.15 Å². The third-order valence-corrected chi connectivity index (χ3v) is 3.83. The van der Waals surface area contributed by atoms with Gasteiger partial charge in [0.1, 0.15) is 16.4 Å². The second kappa shape index (κ2) is 4.04. The van der Waals surface area contributed by atoms with Gasteiger partial charge in [-0.1, -0.05) is 11.6 Å². The Hall–Kier alpha value is -1.99. The van der Waals surface area contributed by atoms with E-state index in [0.29, 0.717) is 16.4 Å². The van der Waals surface area contributed by atoms with E-state index in [0.717, 1.165) is 9.58 Å². The molecule has 8 heteroatoms. The molecule has 6 nitrogen and oxygen atoms in total. The van der Waals surface area contributed by atoms with Crippen molar-refractivity contribution < 1.29 is 9.34 Å². The number of rotatable bonds is 2. The van der Waals surface area contributed by atoms with E-state index in [1.807, 2.05) is 0 Å². The van der Waals surface area contributed by atoms with Crippen LogP contribution in [0.3, 0.4) is 0 Å². The van der Waals surface area contributed by atoms with Crippen LogP contribution in [-0.2, 0) is 0 Å². The highest BCUT2D eigenvalue weighted by Gasteiger charge is 2.16. The topological polar surface area (TPSA) is 82.1 Å². The maximum Gasteiger partial charge on any atom is 0.433 e. The van der Waals surface area contributed by atoms with Crippen molar-refractivity contribution in [1.29, 1.82) is 0 Å². The minimum absolute atomic E-state index is 0.292. The average Bonchev–Trinajstić information content (AvgIpc) is 2.95. The molecule has 0 unspecified atom stereocenters. The van der Waals surface area contributed by atoms with Crippen molar-refractivity contribution in [1.82, 2.24) is 9.97 Å². The van der Waals surface area contributed by atoms with E-state index in [1.165, 1.54) is 23.7 Å². The second-order valence-electron chi connectivity index (χ2n) is 3.38. The molecule has 3 rings (SSSR count). The van der Waals surface area contributed by atoms with Gasteiger partial charge in [-0.2, -0.15) is 0 Å². The number of hydrogen-bond donors (Lipinski definition) is 0. The Bertz CT molecular complexity index is 752. The molecular formula is C10H4ClN3O3S. The van der Waals surface area contributed by atoms with Crippen molar-refractivity contribution in [2.24, 2.45) is 0 Å². The van der Waals surface area contributed by atoms with E-state index in [4.69, 9.17) is 16.0 Å². The highest BCUT2D eigenvalue weighted by Crippen LogP contribution is 2.36. The van der Waals surface area contributed by atoms with Crippen molar-refractivity contribution >= 4 is 39.0 Å². The number of halogens is 1. The number of nitrogens with zero attached hydrogens (tertiary/aromatic N) is 3. The molecule has 0 aliphatic rings. The first-order valence-corrected chi connectivity index (χ1v) is 5.99. The van der Waals surface area contributed by atoms with E-state index in [9.17, 15) is 10.1 Å². The first-order chi connectivity index (χ1) is 8.65. The Morgan fingerprint density at radius 1 is 1.39 bits per heavy atom. The summed E-state index contributed by atoms with van der Waals surface area (Å²) in [5.74, 6) is 0.125. The lowest BCUT2D eigenvalue weighted by Gasteiger charge is -1.88. The van der Waals surface area contributed by atoms with Crippen LogP contribution in [0.25, 0.3) is 20.9 Å². The number of furan rings is 1. The third-order valence-electron chi connectivity index (χ3n) is 2.28. The van der Waals surface area contributed by atoms with E-state index < -0.39 is 4.92 Å². The zero-order valence-electron chi connectivity index (χ0n) is 8.66. The molecular weight excluding hydrogens is 278 g/mol. The van der Waals surface area contributed by atoms with Gasteiger partial charge in [0.05, 0.1) is 21.2 Å². The third kappa shape index (κ3) is 1.73. The number of aromatic nitrogens is 2. The standard InChI is InChI=1S/C10H4ClN3O3S/c11-10-9-5(12-4-13-10)3-7(18-9)6-1-2-8(17-6)14(15)16/h1-4H. The largest absolute Gasteiger partial charge is 0.433 e. The molecule has 18 heavy (non-hydrogen) atoms. The van der Waals surface area contributed by atoms with Crippen LogP contribution < -0.4 is 0 Å². The number of fused-ring (bicyclic) bond motifs is 1. The van der Waals surface area contributed by atoms with E-state index in [1.54, 1.807) is 12.1 Å². The molecule has 0 fully saturated rings. The Kier molecular flexibility index (Phi) is 2.49. The molecule has 3 heterocycles. The molecule has 0 amide bonds. The predicted molar refractivity (Wildman–Crippen MR) is 66.8 cm³/mol. The molecule has 0 N–H and O–H groups in total. The quantitative estimate of drug-likeness (QED) is 0.408. The molecule has 3 aromatic rings. The predicted octanol–water partition coefficient (Wildman–Crippen LogP) is 3.51. The summed E-state index contributed by atoms with van der Waals surface area (Å²) < 4.78 is 5.85. The molecule has 0 bridgehead atoms. The zero-order valence-corrected chi connectivity index (χ0v) is 10.2. The van der Waals surface area contributed by atoms with Crippen molar-refractivity contribution in [3.8, 4) is 10.6 Å². The monoisotopic (exact) mass is 281 g/mol. The van der Waals surface area contributed by atoms with Crippen LogP contribution in [-0.4, -0.2) is 14.9 Å². The molecule has 90 valence electrons. The fourth-order valence-corrected chi connectivity index (χ4v) is 2.72. The normalized spacial score (nSPS) is 10.9. The van der Waals surface area contributed by atoms with Gasteiger partial charge in [-0.25, -0.2) is 9.97 Å². The second-order valence-corrected chi connectivity index (χ2v) is 4.79. The minimum atomic E-state index is -0.580. The van der Waals surface area contributed by atoms with Gasteiger partial charge in [0.2, 0.25) is 0 Å². The Morgan fingerprint density at radius 2 is 2.22 bits per heavy atom. The van der Waals surface area contributed by atoms with Crippen molar-refractivity contribution in [2.45, 2.75) is 0 Å². The van der Waals surface area contributed by atoms with Gasteiger partial charge >= 0.3 is 5.88 Å². The number of nitro groups is 1. The van der Waals surface area contributed by atoms with Crippen LogP contribution >= 0.6 is 22.9 Å². The molecule has 0 aliphatic heterocycles. The highest BCUT2D eigenvalue weighted by molar-refractivity contribution is 7.22.